The van der Waals surface area contributed by atoms with E-state index in [1.165, 1.54) is 13.1 Å². The summed E-state index contributed by atoms with van der Waals surface area (Å²) in [5, 5.41) is 0. The summed E-state index contributed by atoms with van der Waals surface area (Å²) in [5.74, 6) is -0.477. The highest BCUT2D eigenvalue weighted by Crippen LogP contribution is 2.25. The highest BCUT2D eigenvalue weighted by Gasteiger charge is 2.22. The highest BCUT2D eigenvalue weighted by molar-refractivity contribution is 7.98. The number of hydrogen-bond donors (Lipinski definition) is 0. The number of rotatable bonds is 6. The normalized spacial score (nSPS) is 11.1. The first-order valence-electron chi connectivity index (χ1n) is 7.30. The molecule has 2 rings (SSSR count). The number of anilines is 1. The molecule has 0 unspecified atom stereocenters. The van der Waals surface area contributed by atoms with Gasteiger partial charge in [-0.2, -0.15) is 0 Å². The first-order valence-corrected chi connectivity index (χ1v) is 9.96. The minimum atomic E-state index is -3.70. The maximum absolute atomic E-state index is 12.7. The Labute approximate surface area is 146 Å². The fraction of sp³-hybridized carbons (Fsp3) is 0.235. The average Bonchev–Trinajstić information content (AvgIpc) is 2.61. The van der Waals surface area contributed by atoms with Gasteiger partial charge in [-0.3, -0.25) is 4.31 Å². The Bertz CT molecular complexity index is 817. The molecule has 0 spiro atoms. The zero-order valence-corrected chi connectivity index (χ0v) is 15.4. The molecule has 0 N–H and O–H groups in total. The van der Waals surface area contributed by atoms with Gasteiger partial charge in [0.15, 0.2) is 0 Å². The Morgan fingerprint density at radius 2 is 1.83 bits per heavy atom. The van der Waals surface area contributed by atoms with Crippen molar-refractivity contribution >= 4 is 33.4 Å². The summed E-state index contributed by atoms with van der Waals surface area (Å²) >= 11 is 1.54. The van der Waals surface area contributed by atoms with Crippen molar-refractivity contribution in [3.05, 3.63) is 54.1 Å². The summed E-state index contributed by atoms with van der Waals surface area (Å²) in [6, 6.07) is 13.0. The van der Waals surface area contributed by atoms with Crippen LogP contribution in [0.15, 0.2) is 58.3 Å². The van der Waals surface area contributed by atoms with Crippen molar-refractivity contribution in [2.45, 2.75) is 16.7 Å². The third-order valence-electron chi connectivity index (χ3n) is 3.44. The van der Waals surface area contributed by atoms with Crippen LogP contribution < -0.4 is 4.31 Å². The highest BCUT2D eigenvalue weighted by atomic mass is 32.2. The van der Waals surface area contributed by atoms with Gasteiger partial charge in [0.25, 0.3) is 10.0 Å². The Morgan fingerprint density at radius 1 is 1.17 bits per heavy atom. The van der Waals surface area contributed by atoms with Crippen LogP contribution in [-0.4, -0.2) is 34.3 Å². The molecular weight excluding hydrogens is 346 g/mol. The quantitative estimate of drug-likeness (QED) is 0.580. The van der Waals surface area contributed by atoms with Gasteiger partial charge in [-0.1, -0.05) is 6.07 Å². The first kappa shape index (κ1) is 18.4. The molecule has 24 heavy (non-hydrogen) atoms. The van der Waals surface area contributed by atoms with Crippen molar-refractivity contribution < 1.29 is 17.9 Å². The van der Waals surface area contributed by atoms with Gasteiger partial charge in [-0.15, -0.1) is 11.8 Å². The second-order valence-corrected chi connectivity index (χ2v) is 7.77. The number of benzene rings is 2. The maximum Gasteiger partial charge on any atom is 0.338 e. The number of esters is 1. The fourth-order valence-electron chi connectivity index (χ4n) is 2.09. The van der Waals surface area contributed by atoms with Crippen molar-refractivity contribution in [2.24, 2.45) is 0 Å². The molecule has 0 aromatic heterocycles. The molecule has 0 aliphatic carbocycles. The fourth-order valence-corrected chi connectivity index (χ4v) is 3.68. The van der Waals surface area contributed by atoms with E-state index in [0.717, 1.165) is 9.20 Å². The average molecular weight is 365 g/mol. The van der Waals surface area contributed by atoms with Gasteiger partial charge in [0.2, 0.25) is 0 Å². The molecule has 0 heterocycles. The van der Waals surface area contributed by atoms with E-state index in [0.29, 0.717) is 11.3 Å². The SMILES string of the molecule is CCOC(=O)c1cccc(N(C)S(=O)(=O)c2ccc(SC)cc2)c1. The number of carbonyl (C=O) groups excluding carboxylic acids is 1. The van der Waals surface area contributed by atoms with Gasteiger partial charge < -0.3 is 4.74 Å². The van der Waals surface area contributed by atoms with Crippen molar-refractivity contribution in [3.63, 3.8) is 0 Å². The number of carbonyl (C=O) groups is 1. The largest absolute Gasteiger partial charge is 0.462 e. The van der Waals surface area contributed by atoms with Gasteiger partial charge in [0.05, 0.1) is 22.8 Å². The lowest BCUT2D eigenvalue weighted by Gasteiger charge is -2.20. The summed E-state index contributed by atoms with van der Waals surface area (Å²) < 4.78 is 31.6. The molecule has 0 radical (unpaired) electrons. The Kier molecular flexibility index (Phi) is 5.90. The van der Waals surface area contributed by atoms with Crippen LogP contribution in [0, 0.1) is 0 Å². The molecule has 7 heteroatoms. The summed E-state index contributed by atoms with van der Waals surface area (Å²) in [6.07, 6.45) is 1.93. The lowest BCUT2D eigenvalue weighted by molar-refractivity contribution is 0.0526. The maximum atomic E-state index is 12.7. The van der Waals surface area contributed by atoms with Crippen LogP contribution in [0.4, 0.5) is 5.69 Å². The van der Waals surface area contributed by atoms with Crippen LogP contribution in [0.3, 0.4) is 0 Å². The van der Waals surface area contributed by atoms with Gasteiger partial charge in [0, 0.05) is 11.9 Å². The van der Waals surface area contributed by atoms with Crippen LogP contribution in [0.2, 0.25) is 0 Å². The van der Waals surface area contributed by atoms with E-state index >= 15 is 0 Å². The lowest BCUT2D eigenvalue weighted by atomic mass is 10.2. The molecule has 0 atom stereocenters. The van der Waals surface area contributed by atoms with E-state index in [1.54, 1.807) is 61.2 Å². The van der Waals surface area contributed by atoms with Crippen molar-refractivity contribution in [1.82, 2.24) is 0 Å². The van der Waals surface area contributed by atoms with Crippen molar-refractivity contribution in [2.75, 3.05) is 24.2 Å². The zero-order chi connectivity index (χ0) is 17.7. The van der Waals surface area contributed by atoms with Gasteiger partial charge in [-0.25, -0.2) is 13.2 Å². The molecule has 0 saturated carbocycles. The number of hydrogen-bond acceptors (Lipinski definition) is 5. The van der Waals surface area contributed by atoms with E-state index in [9.17, 15) is 13.2 Å². The molecule has 128 valence electrons. The van der Waals surface area contributed by atoms with Crippen molar-refractivity contribution in [1.29, 1.82) is 0 Å². The van der Waals surface area contributed by atoms with Gasteiger partial charge in [0.1, 0.15) is 0 Å². The predicted molar refractivity (Wildman–Crippen MR) is 96.2 cm³/mol. The van der Waals surface area contributed by atoms with E-state index in [4.69, 9.17) is 4.74 Å². The topological polar surface area (TPSA) is 63.7 Å². The molecule has 2 aromatic carbocycles. The minimum absolute atomic E-state index is 0.198. The monoisotopic (exact) mass is 365 g/mol. The molecule has 0 bridgehead atoms. The summed E-state index contributed by atoms with van der Waals surface area (Å²) in [6.45, 7) is 1.98. The molecular formula is C17H19NO4S2. The second kappa shape index (κ2) is 7.72. The molecule has 0 fully saturated rings. The Hall–Kier alpha value is -1.99. The molecule has 0 aliphatic rings. The summed E-state index contributed by atoms with van der Waals surface area (Å²) in [5.41, 5.74) is 0.712. The number of sulfonamides is 1. The van der Waals surface area contributed by atoms with Crippen molar-refractivity contribution in [3.8, 4) is 0 Å². The number of ether oxygens (including phenoxy) is 1. The standard InChI is InChI=1S/C17H19NO4S2/c1-4-22-17(19)13-6-5-7-14(12-13)18(2)24(20,21)16-10-8-15(23-3)9-11-16/h5-12H,4H2,1-3H3. The predicted octanol–water partition coefficient (Wildman–Crippen LogP) is 3.41. The first-order chi connectivity index (χ1) is 11.4. The molecule has 5 nitrogen and oxygen atoms in total. The Balaban J connectivity index is 2.34. The second-order valence-electron chi connectivity index (χ2n) is 4.92. The van der Waals surface area contributed by atoms with Crippen LogP contribution in [0.25, 0.3) is 0 Å². The van der Waals surface area contributed by atoms with E-state index in [-0.39, 0.29) is 11.5 Å². The zero-order valence-electron chi connectivity index (χ0n) is 13.7. The van der Waals surface area contributed by atoms with Crippen LogP contribution in [0.1, 0.15) is 17.3 Å². The van der Waals surface area contributed by atoms with Gasteiger partial charge >= 0.3 is 5.97 Å². The van der Waals surface area contributed by atoms with E-state index in [1.807, 2.05) is 6.26 Å². The van der Waals surface area contributed by atoms with Crippen LogP contribution >= 0.6 is 11.8 Å². The third kappa shape index (κ3) is 3.91. The smallest absolute Gasteiger partial charge is 0.338 e. The summed E-state index contributed by atoms with van der Waals surface area (Å²) in [4.78, 5) is 13.0. The number of thioether (sulfide) groups is 1. The third-order valence-corrected chi connectivity index (χ3v) is 5.98. The number of nitrogens with zero attached hydrogens (tertiary/aromatic N) is 1. The minimum Gasteiger partial charge on any atom is -0.462 e. The summed E-state index contributed by atoms with van der Waals surface area (Å²) in [7, 11) is -2.24. The molecule has 0 amide bonds. The van der Waals surface area contributed by atoms with Crippen LogP contribution in [-0.2, 0) is 14.8 Å². The molecule has 2 aromatic rings. The van der Waals surface area contributed by atoms with E-state index in [2.05, 4.69) is 0 Å². The lowest BCUT2D eigenvalue weighted by Crippen LogP contribution is -2.26. The van der Waals surface area contributed by atoms with E-state index < -0.39 is 16.0 Å². The molecule has 0 saturated heterocycles. The van der Waals surface area contributed by atoms with Crippen LogP contribution in [0.5, 0.6) is 0 Å². The molecule has 0 aliphatic heterocycles. The van der Waals surface area contributed by atoms with Gasteiger partial charge in [-0.05, 0) is 55.6 Å². The Morgan fingerprint density at radius 3 is 2.42 bits per heavy atom.